The predicted molar refractivity (Wildman–Crippen MR) is 179 cm³/mol. The summed E-state index contributed by atoms with van der Waals surface area (Å²) in [6, 6.07) is 21.3. The third-order valence-electron chi connectivity index (χ3n) is 6.84. The lowest BCUT2D eigenvalue weighted by molar-refractivity contribution is -0.384. The van der Waals surface area contributed by atoms with Crippen molar-refractivity contribution in [3.05, 3.63) is 106 Å². The Balaban J connectivity index is 1.45. The SMILES string of the molecule is COc1ccc([N+](=O)[O-])cc1NC(=O)c1ccc(OC)c(S(=O)(=O)Nc2cccc(NCCNC(=O)c3ccccc3N(C)C)c2)c1. The fourth-order valence-electron chi connectivity index (χ4n) is 4.57. The molecule has 0 aliphatic heterocycles. The molecule has 0 aromatic heterocycles. The van der Waals surface area contributed by atoms with Crippen LogP contribution in [0, 0.1) is 10.1 Å². The number of anilines is 4. The number of nitrogens with one attached hydrogen (secondary N) is 4. The van der Waals surface area contributed by atoms with Crippen LogP contribution >= 0.6 is 0 Å². The molecule has 4 aromatic rings. The van der Waals surface area contributed by atoms with Crippen molar-refractivity contribution in [3.8, 4) is 11.5 Å². The number of nitro groups is 1. The second-order valence-corrected chi connectivity index (χ2v) is 11.9. The molecule has 0 fully saturated rings. The van der Waals surface area contributed by atoms with Crippen LogP contribution in [0.4, 0.5) is 28.4 Å². The lowest BCUT2D eigenvalue weighted by Crippen LogP contribution is -2.30. The molecule has 4 N–H and O–H groups in total. The van der Waals surface area contributed by atoms with Gasteiger partial charge in [0.05, 0.1) is 36.1 Å². The van der Waals surface area contributed by atoms with Crippen LogP contribution in [0.25, 0.3) is 0 Å². The highest BCUT2D eigenvalue weighted by Gasteiger charge is 2.23. The van der Waals surface area contributed by atoms with Gasteiger partial charge in [0.1, 0.15) is 16.4 Å². The first-order valence-electron chi connectivity index (χ1n) is 14.2. The highest BCUT2D eigenvalue weighted by molar-refractivity contribution is 7.92. The number of nitrogens with zero attached hydrogens (tertiary/aromatic N) is 2. The van der Waals surface area contributed by atoms with Crippen molar-refractivity contribution in [2.24, 2.45) is 0 Å². The normalized spacial score (nSPS) is 10.8. The molecule has 0 saturated carbocycles. The van der Waals surface area contributed by atoms with E-state index in [1.165, 1.54) is 38.5 Å². The quantitative estimate of drug-likeness (QED) is 0.0848. The highest BCUT2D eigenvalue weighted by atomic mass is 32.2. The van der Waals surface area contributed by atoms with E-state index in [2.05, 4.69) is 20.7 Å². The molecule has 0 unspecified atom stereocenters. The van der Waals surface area contributed by atoms with Gasteiger partial charge in [-0.3, -0.25) is 24.4 Å². The van der Waals surface area contributed by atoms with Crippen LogP contribution in [0.3, 0.4) is 0 Å². The summed E-state index contributed by atoms with van der Waals surface area (Å²) >= 11 is 0. The number of carbonyl (C=O) groups excluding carboxylic acids is 2. The number of sulfonamides is 1. The van der Waals surface area contributed by atoms with Crippen molar-refractivity contribution in [1.29, 1.82) is 0 Å². The number of para-hydroxylation sites is 1. The maximum absolute atomic E-state index is 13.5. The summed E-state index contributed by atoms with van der Waals surface area (Å²) in [5.41, 5.74) is 1.89. The second kappa shape index (κ2) is 15.0. The maximum atomic E-state index is 13.5. The second-order valence-electron chi connectivity index (χ2n) is 10.2. The minimum Gasteiger partial charge on any atom is -0.495 e. The third-order valence-corrected chi connectivity index (χ3v) is 8.24. The average Bonchev–Trinajstić information content (AvgIpc) is 3.06. The molecule has 0 saturated heterocycles. The van der Waals surface area contributed by atoms with Crippen LogP contribution < -0.4 is 35.0 Å². The zero-order valence-corrected chi connectivity index (χ0v) is 26.9. The number of amides is 2. The Morgan fingerprint density at radius 3 is 2.23 bits per heavy atom. The first-order valence-corrected chi connectivity index (χ1v) is 15.6. The van der Waals surface area contributed by atoms with E-state index in [0.29, 0.717) is 24.3 Å². The summed E-state index contributed by atoms with van der Waals surface area (Å²) in [6.07, 6.45) is 0. The number of rotatable bonds is 14. The van der Waals surface area contributed by atoms with Crippen molar-refractivity contribution < 1.29 is 32.4 Å². The number of non-ortho nitro benzene ring substituents is 1. The van der Waals surface area contributed by atoms with E-state index in [1.54, 1.807) is 36.4 Å². The standard InChI is InChI=1S/C32H34N6O8S/c1-37(2)27-11-6-5-10-25(27)32(40)34-17-16-33-22-8-7-9-23(19-22)36-47(43,44)30-18-21(12-14-29(30)46-4)31(39)35-26-20-24(38(41)42)13-15-28(26)45-3/h5-15,18-20,33,36H,16-17H2,1-4H3,(H,34,40)(H,35,39). The zero-order valence-electron chi connectivity index (χ0n) is 26.1. The van der Waals surface area contributed by atoms with E-state index >= 15 is 0 Å². The first kappa shape index (κ1) is 34.1. The topological polar surface area (TPSA) is 181 Å². The molecule has 14 nitrogen and oxygen atoms in total. The Hall–Kier alpha value is -5.83. The molecular weight excluding hydrogens is 628 g/mol. The molecule has 246 valence electrons. The zero-order chi connectivity index (χ0) is 34.1. The van der Waals surface area contributed by atoms with Gasteiger partial charge in [0.2, 0.25) is 0 Å². The smallest absolute Gasteiger partial charge is 0.271 e. The van der Waals surface area contributed by atoms with Gasteiger partial charge in [-0.05, 0) is 54.6 Å². The Morgan fingerprint density at radius 2 is 1.53 bits per heavy atom. The summed E-state index contributed by atoms with van der Waals surface area (Å²) in [5, 5.41) is 19.8. The van der Waals surface area contributed by atoms with Crippen LogP contribution in [0.15, 0.2) is 89.8 Å². The van der Waals surface area contributed by atoms with Crippen molar-refractivity contribution in [3.63, 3.8) is 0 Å². The summed E-state index contributed by atoms with van der Waals surface area (Å²) < 4.78 is 40.0. The third kappa shape index (κ3) is 8.46. The van der Waals surface area contributed by atoms with Gasteiger partial charge in [-0.25, -0.2) is 8.42 Å². The predicted octanol–water partition coefficient (Wildman–Crippen LogP) is 4.57. The maximum Gasteiger partial charge on any atom is 0.271 e. The van der Waals surface area contributed by atoms with E-state index < -0.39 is 20.9 Å². The van der Waals surface area contributed by atoms with Crippen LogP contribution in [0.2, 0.25) is 0 Å². The van der Waals surface area contributed by atoms with E-state index in [0.717, 1.165) is 17.8 Å². The van der Waals surface area contributed by atoms with Gasteiger partial charge < -0.3 is 30.3 Å². The fraction of sp³-hybridized carbons (Fsp3) is 0.188. The van der Waals surface area contributed by atoms with E-state index in [-0.39, 0.29) is 44.9 Å². The molecule has 0 spiro atoms. The summed E-state index contributed by atoms with van der Waals surface area (Å²) in [7, 11) is 2.09. The molecule has 15 heteroatoms. The highest BCUT2D eigenvalue weighted by Crippen LogP contribution is 2.31. The van der Waals surface area contributed by atoms with Crippen LogP contribution in [-0.2, 0) is 10.0 Å². The number of methoxy groups -OCH3 is 2. The average molecular weight is 663 g/mol. The number of nitro benzene ring substituents is 1. The molecule has 4 aromatic carbocycles. The molecule has 47 heavy (non-hydrogen) atoms. The van der Waals surface area contributed by atoms with Crippen molar-refractivity contribution in [1.82, 2.24) is 5.32 Å². The molecule has 0 atom stereocenters. The fourth-order valence-corrected chi connectivity index (χ4v) is 5.81. The molecule has 2 amide bonds. The largest absolute Gasteiger partial charge is 0.495 e. The number of ether oxygens (including phenoxy) is 2. The van der Waals surface area contributed by atoms with Gasteiger partial charge in [0.25, 0.3) is 27.5 Å². The minimum absolute atomic E-state index is 0.0113. The van der Waals surface area contributed by atoms with Gasteiger partial charge in [0.15, 0.2) is 0 Å². The lowest BCUT2D eigenvalue weighted by Gasteiger charge is -2.17. The molecule has 0 bridgehead atoms. The molecule has 0 aliphatic rings. The molecule has 0 heterocycles. The monoisotopic (exact) mass is 662 g/mol. The molecule has 0 aliphatic carbocycles. The number of benzene rings is 4. The van der Waals surface area contributed by atoms with Crippen molar-refractivity contribution in [2.75, 3.05) is 61.7 Å². The lowest BCUT2D eigenvalue weighted by atomic mass is 10.1. The number of hydrogen-bond acceptors (Lipinski definition) is 10. The molecule has 4 rings (SSSR count). The van der Waals surface area contributed by atoms with Gasteiger partial charge in [-0.15, -0.1) is 0 Å². The summed E-state index contributed by atoms with van der Waals surface area (Å²) in [6.45, 7) is 0.678. The Labute approximate surface area is 271 Å². The van der Waals surface area contributed by atoms with E-state index in [1.807, 2.05) is 31.1 Å². The van der Waals surface area contributed by atoms with Gasteiger partial charge in [-0.2, -0.15) is 0 Å². The summed E-state index contributed by atoms with van der Waals surface area (Å²) in [5.74, 6) is -0.779. The van der Waals surface area contributed by atoms with E-state index in [9.17, 15) is 28.1 Å². The van der Waals surface area contributed by atoms with Crippen molar-refractivity contribution in [2.45, 2.75) is 4.90 Å². The van der Waals surface area contributed by atoms with Crippen molar-refractivity contribution >= 4 is 50.3 Å². The Morgan fingerprint density at radius 1 is 0.830 bits per heavy atom. The van der Waals surface area contributed by atoms with E-state index in [4.69, 9.17) is 9.47 Å². The summed E-state index contributed by atoms with van der Waals surface area (Å²) in [4.78, 5) is 38.0. The van der Waals surface area contributed by atoms with Gasteiger partial charge in [-0.1, -0.05) is 18.2 Å². The Bertz CT molecular complexity index is 1900. The molecular formula is C32H34N6O8S. The van der Waals surface area contributed by atoms with Crippen LogP contribution in [-0.4, -0.2) is 66.6 Å². The Kier molecular flexibility index (Phi) is 10.8. The van der Waals surface area contributed by atoms with Gasteiger partial charge in [0, 0.05) is 56.3 Å². The van der Waals surface area contributed by atoms with Crippen LogP contribution in [0.5, 0.6) is 11.5 Å². The minimum atomic E-state index is -4.27. The first-order chi connectivity index (χ1) is 22.4. The number of hydrogen-bond donors (Lipinski definition) is 4. The van der Waals surface area contributed by atoms with Gasteiger partial charge >= 0.3 is 0 Å². The van der Waals surface area contributed by atoms with Crippen LogP contribution in [0.1, 0.15) is 20.7 Å². The molecule has 0 radical (unpaired) electrons. The number of carbonyl (C=O) groups is 2.